The molecular formula is C20H20FN3O3. The van der Waals surface area contributed by atoms with E-state index >= 15 is 0 Å². The topological polar surface area (TPSA) is 60.9 Å². The zero-order valence-electron chi connectivity index (χ0n) is 15.1. The Hall–Kier alpha value is -3.22. The SMILES string of the molecule is C[C@@H]1C(=O)N(CC(=O)N(C)Cc2ccccc2)C(=O)N1c1ccc(F)cc1. The van der Waals surface area contributed by atoms with Crippen LogP contribution >= 0.6 is 0 Å². The van der Waals surface area contributed by atoms with Crippen molar-refractivity contribution in [3.63, 3.8) is 0 Å². The molecule has 0 aromatic heterocycles. The summed E-state index contributed by atoms with van der Waals surface area (Å²) in [6.07, 6.45) is 0. The molecule has 0 spiro atoms. The lowest BCUT2D eigenvalue weighted by molar-refractivity contribution is -0.136. The molecule has 140 valence electrons. The minimum Gasteiger partial charge on any atom is -0.340 e. The first kappa shape index (κ1) is 18.6. The van der Waals surface area contributed by atoms with Gasteiger partial charge in [-0.15, -0.1) is 0 Å². The Kier molecular flexibility index (Phi) is 5.21. The molecule has 3 rings (SSSR count). The average molecular weight is 369 g/mol. The number of halogens is 1. The maximum atomic E-state index is 13.1. The number of nitrogens with zero attached hydrogens (tertiary/aromatic N) is 3. The van der Waals surface area contributed by atoms with Gasteiger partial charge in [0.2, 0.25) is 5.91 Å². The van der Waals surface area contributed by atoms with Crippen molar-refractivity contribution in [1.82, 2.24) is 9.80 Å². The predicted molar refractivity (Wildman–Crippen MR) is 98.4 cm³/mol. The molecule has 0 aliphatic carbocycles. The number of urea groups is 1. The Balaban J connectivity index is 1.71. The van der Waals surface area contributed by atoms with Crippen LogP contribution in [0.15, 0.2) is 54.6 Å². The van der Waals surface area contributed by atoms with Gasteiger partial charge < -0.3 is 4.90 Å². The minimum absolute atomic E-state index is 0.330. The van der Waals surface area contributed by atoms with Crippen molar-refractivity contribution in [1.29, 1.82) is 0 Å². The van der Waals surface area contributed by atoms with Gasteiger partial charge >= 0.3 is 6.03 Å². The normalized spacial score (nSPS) is 16.8. The molecule has 1 saturated heterocycles. The third-order valence-electron chi connectivity index (χ3n) is 4.53. The van der Waals surface area contributed by atoms with Crippen molar-refractivity contribution in [3.05, 3.63) is 66.0 Å². The summed E-state index contributed by atoms with van der Waals surface area (Å²) >= 11 is 0. The summed E-state index contributed by atoms with van der Waals surface area (Å²) in [7, 11) is 1.63. The number of likely N-dealkylation sites (N-methyl/N-ethyl adjacent to an activating group) is 1. The van der Waals surface area contributed by atoms with E-state index in [0.29, 0.717) is 12.2 Å². The number of hydrogen-bond acceptors (Lipinski definition) is 3. The highest BCUT2D eigenvalue weighted by Crippen LogP contribution is 2.26. The molecule has 27 heavy (non-hydrogen) atoms. The van der Waals surface area contributed by atoms with E-state index in [2.05, 4.69) is 0 Å². The van der Waals surface area contributed by atoms with E-state index in [1.165, 1.54) is 34.1 Å². The van der Waals surface area contributed by atoms with Crippen molar-refractivity contribution in [2.24, 2.45) is 0 Å². The van der Waals surface area contributed by atoms with Crippen LogP contribution in [-0.2, 0) is 16.1 Å². The quantitative estimate of drug-likeness (QED) is 0.762. The maximum absolute atomic E-state index is 13.1. The third kappa shape index (κ3) is 3.81. The van der Waals surface area contributed by atoms with E-state index in [1.807, 2.05) is 30.3 Å². The predicted octanol–water partition coefficient (Wildman–Crippen LogP) is 2.64. The third-order valence-corrected chi connectivity index (χ3v) is 4.53. The molecular weight excluding hydrogens is 349 g/mol. The van der Waals surface area contributed by atoms with Gasteiger partial charge in [-0.2, -0.15) is 0 Å². The molecule has 1 fully saturated rings. The van der Waals surface area contributed by atoms with Crippen molar-refractivity contribution in [2.45, 2.75) is 19.5 Å². The summed E-state index contributed by atoms with van der Waals surface area (Å²) in [4.78, 5) is 41.4. The zero-order valence-corrected chi connectivity index (χ0v) is 15.1. The van der Waals surface area contributed by atoms with Crippen LogP contribution < -0.4 is 4.90 Å². The van der Waals surface area contributed by atoms with Gasteiger partial charge in [0.1, 0.15) is 18.4 Å². The fourth-order valence-electron chi connectivity index (χ4n) is 3.01. The van der Waals surface area contributed by atoms with Crippen molar-refractivity contribution in [2.75, 3.05) is 18.5 Å². The van der Waals surface area contributed by atoms with Crippen molar-refractivity contribution >= 4 is 23.5 Å². The largest absolute Gasteiger partial charge is 0.340 e. The fourth-order valence-corrected chi connectivity index (χ4v) is 3.01. The Morgan fingerprint density at radius 2 is 1.70 bits per heavy atom. The molecule has 0 saturated carbocycles. The van der Waals surface area contributed by atoms with Gasteiger partial charge in [-0.3, -0.25) is 19.4 Å². The highest BCUT2D eigenvalue weighted by Gasteiger charge is 2.44. The number of imide groups is 1. The van der Waals surface area contributed by atoms with Gasteiger partial charge in [-0.1, -0.05) is 30.3 Å². The first-order chi connectivity index (χ1) is 12.9. The van der Waals surface area contributed by atoms with Gasteiger partial charge in [0.15, 0.2) is 0 Å². The monoisotopic (exact) mass is 369 g/mol. The van der Waals surface area contributed by atoms with Crippen LogP contribution in [0, 0.1) is 5.82 Å². The zero-order chi connectivity index (χ0) is 19.6. The standard InChI is InChI=1S/C20H20FN3O3/c1-14-19(26)23(20(27)24(14)17-10-8-16(21)9-11-17)13-18(25)22(2)12-15-6-4-3-5-7-15/h3-11,14H,12-13H2,1-2H3/t14-/m1/s1. The minimum atomic E-state index is -0.754. The number of carbonyl (C=O) groups is 3. The molecule has 7 heteroatoms. The Morgan fingerprint density at radius 1 is 1.07 bits per heavy atom. The second kappa shape index (κ2) is 7.57. The molecule has 0 unspecified atom stereocenters. The lowest BCUT2D eigenvalue weighted by atomic mass is 10.2. The first-order valence-corrected chi connectivity index (χ1v) is 8.56. The number of benzene rings is 2. The van der Waals surface area contributed by atoms with Crippen molar-refractivity contribution < 1.29 is 18.8 Å². The van der Waals surface area contributed by atoms with Crippen LogP contribution in [0.1, 0.15) is 12.5 Å². The summed E-state index contributed by atoms with van der Waals surface area (Å²) in [5.74, 6) is -1.22. The molecule has 0 N–H and O–H groups in total. The van der Waals surface area contributed by atoms with Crippen LogP contribution in [0.4, 0.5) is 14.9 Å². The lowest BCUT2D eigenvalue weighted by Gasteiger charge is -2.21. The van der Waals surface area contributed by atoms with Gasteiger partial charge in [-0.25, -0.2) is 9.18 Å². The summed E-state index contributed by atoms with van der Waals surface area (Å²) in [6.45, 7) is 1.64. The maximum Gasteiger partial charge on any atom is 0.332 e. The number of rotatable bonds is 5. The second-order valence-electron chi connectivity index (χ2n) is 6.46. The summed E-state index contributed by atoms with van der Waals surface area (Å²) in [6, 6.07) is 13.4. The molecule has 6 nitrogen and oxygen atoms in total. The van der Waals surface area contributed by atoms with Crippen LogP contribution in [0.5, 0.6) is 0 Å². The molecule has 4 amide bonds. The average Bonchev–Trinajstić information content (AvgIpc) is 2.87. The molecule has 0 radical (unpaired) electrons. The smallest absolute Gasteiger partial charge is 0.332 e. The van der Waals surface area contributed by atoms with Crippen LogP contribution in [0.25, 0.3) is 0 Å². The summed E-state index contributed by atoms with van der Waals surface area (Å²) in [5.41, 5.74) is 1.36. The number of anilines is 1. The van der Waals surface area contributed by atoms with Gasteiger partial charge in [0.25, 0.3) is 5.91 Å². The molecule has 2 aromatic carbocycles. The fraction of sp³-hybridized carbons (Fsp3) is 0.250. The summed E-state index contributed by atoms with van der Waals surface area (Å²) in [5, 5.41) is 0. The molecule has 0 bridgehead atoms. The van der Waals surface area contributed by atoms with Crippen LogP contribution in [0.2, 0.25) is 0 Å². The van der Waals surface area contributed by atoms with Gasteiger partial charge in [0, 0.05) is 19.3 Å². The molecule has 1 aliphatic rings. The van der Waals surface area contributed by atoms with Crippen molar-refractivity contribution in [3.8, 4) is 0 Å². The molecule has 1 heterocycles. The van der Waals surface area contributed by atoms with E-state index < -0.39 is 23.8 Å². The van der Waals surface area contributed by atoms with E-state index in [-0.39, 0.29) is 12.5 Å². The Labute approximate surface area is 156 Å². The number of amides is 4. The van der Waals surface area contributed by atoms with Gasteiger partial charge in [-0.05, 0) is 36.8 Å². The highest BCUT2D eigenvalue weighted by atomic mass is 19.1. The molecule has 1 atom stereocenters. The molecule has 1 aliphatic heterocycles. The lowest BCUT2D eigenvalue weighted by Crippen LogP contribution is -2.42. The Bertz CT molecular complexity index is 855. The van der Waals surface area contributed by atoms with E-state index in [0.717, 1.165) is 10.5 Å². The highest BCUT2D eigenvalue weighted by molar-refractivity contribution is 6.15. The Morgan fingerprint density at radius 3 is 2.33 bits per heavy atom. The summed E-state index contributed by atoms with van der Waals surface area (Å²) < 4.78 is 13.1. The van der Waals surface area contributed by atoms with Gasteiger partial charge in [0.05, 0.1) is 0 Å². The van der Waals surface area contributed by atoms with E-state index in [4.69, 9.17) is 0 Å². The van der Waals surface area contributed by atoms with Crippen LogP contribution in [0.3, 0.4) is 0 Å². The van der Waals surface area contributed by atoms with Crippen LogP contribution in [-0.4, -0.2) is 47.3 Å². The molecule has 2 aromatic rings. The first-order valence-electron chi connectivity index (χ1n) is 8.56. The van der Waals surface area contributed by atoms with E-state index in [9.17, 15) is 18.8 Å². The number of hydrogen-bond donors (Lipinski definition) is 0. The second-order valence-corrected chi connectivity index (χ2v) is 6.46. The van der Waals surface area contributed by atoms with E-state index in [1.54, 1.807) is 14.0 Å². The number of carbonyl (C=O) groups excluding carboxylic acids is 3.